The van der Waals surface area contributed by atoms with E-state index >= 15 is 0 Å². The summed E-state index contributed by atoms with van der Waals surface area (Å²) in [7, 11) is 1.76. The molecule has 1 N–H and O–H groups in total. The highest BCUT2D eigenvalue weighted by Gasteiger charge is 2.20. The van der Waals surface area contributed by atoms with E-state index in [9.17, 15) is 9.59 Å². The van der Waals surface area contributed by atoms with E-state index in [0.29, 0.717) is 23.9 Å². The van der Waals surface area contributed by atoms with Crippen molar-refractivity contribution in [1.29, 1.82) is 0 Å². The van der Waals surface area contributed by atoms with Crippen molar-refractivity contribution in [3.63, 3.8) is 0 Å². The van der Waals surface area contributed by atoms with Gasteiger partial charge in [-0.1, -0.05) is 26.0 Å². The van der Waals surface area contributed by atoms with Gasteiger partial charge >= 0.3 is 5.97 Å². The normalized spacial score (nSPS) is 10.9. The summed E-state index contributed by atoms with van der Waals surface area (Å²) in [5.41, 5.74) is 2.43. The molecule has 0 fully saturated rings. The molecule has 0 unspecified atom stereocenters. The number of aromatic nitrogens is 2. The Bertz CT molecular complexity index is 779. The van der Waals surface area contributed by atoms with Gasteiger partial charge < -0.3 is 14.7 Å². The molecule has 7 nitrogen and oxygen atoms in total. The van der Waals surface area contributed by atoms with Crippen molar-refractivity contribution in [2.75, 3.05) is 13.7 Å². The Morgan fingerprint density at radius 3 is 2.41 bits per heavy atom. The molecule has 0 aliphatic heterocycles. The number of carbonyl (C=O) groups excluding carboxylic acids is 1. The Morgan fingerprint density at radius 1 is 1.22 bits per heavy atom. The van der Waals surface area contributed by atoms with E-state index in [1.54, 1.807) is 30.3 Å². The molecule has 0 saturated carbocycles. The summed E-state index contributed by atoms with van der Waals surface area (Å²) < 4.78 is 7.06. The molecular weight excluding hydrogens is 346 g/mol. The summed E-state index contributed by atoms with van der Waals surface area (Å²) in [6.07, 6.45) is 3.59. The number of benzene rings is 1. The minimum Gasteiger partial charge on any atom is -0.482 e. The number of carboxylic acid groups (broad SMARTS) is 1. The average molecular weight is 373 g/mol. The zero-order valence-corrected chi connectivity index (χ0v) is 16.3. The van der Waals surface area contributed by atoms with Gasteiger partial charge in [-0.3, -0.25) is 9.48 Å². The van der Waals surface area contributed by atoms with Crippen molar-refractivity contribution >= 4 is 11.9 Å². The lowest BCUT2D eigenvalue weighted by Crippen LogP contribution is -2.26. The molecule has 1 heterocycles. The minimum absolute atomic E-state index is 0.0732. The Kier molecular flexibility index (Phi) is 6.98. The Labute approximate surface area is 159 Å². The van der Waals surface area contributed by atoms with E-state index in [2.05, 4.69) is 18.9 Å². The highest BCUT2D eigenvalue weighted by Crippen LogP contribution is 2.21. The van der Waals surface area contributed by atoms with Gasteiger partial charge in [-0.05, 0) is 37.5 Å². The largest absolute Gasteiger partial charge is 0.482 e. The number of hydrogen-bond acceptors (Lipinski definition) is 4. The van der Waals surface area contributed by atoms with Crippen molar-refractivity contribution in [3.05, 3.63) is 47.3 Å². The first-order chi connectivity index (χ1) is 12.9. The van der Waals surface area contributed by atoms with Crippen LogP contribution < -0.4 is 4.74 Å². The molecule has 0 saturated heterocycles. The molecule has 146 valence electrons. The third-order valence-corrected chi connectivity index (χ3v) is 4.62. The molecule has 1 amide bonds. The summed E-state index contributed by atoms with van der Waals surface area (Å²) in [4.78, 5) is 25.0. The van der Waals surface area contributed by atoms with E-state index in [1.807, 2.05) is 23.7 Å². The fourth-order valence-corrected chi connectivity index (χ4v) is 3.02. The van der Waals surface area contributed by atoms with E-state index in [-0.39, 0.29) is 12.5 Å². The Hall–Kier alpha value is -2.83. The quantitative estimate of drug-likeness (QED) is 0.729. The van der Waals surface area contributed by atoms with Gasteiger partial charge in [0.15, 0.2) is 6.61 Å². The van der Waals surface area contributed by atoms with Crippen LogP contribution >= 0.6 is 0 Å². The average Bonchev–Trinajstić information content (AvgIpc) is 3.03. The lowest BCUT2D eigenvalue weighted by atomic mass is 10.1. The van der Waals surface area contributed by atoms with Crippen molar-refractivity contribution < 1.29 is 19.4 Å². The second-order valence-corrected chi connectivity index (χ2v) is 6.55. The highest BCUT2D eigenvalue weighted by molar-refractivity contribution is 5.94. The van der Waals surface area contributed by atoms with Gasteiger partial charge in [-0.2, -0.15) is 5.10 Å². The van der Waals surface area contributed by atoms with Crippen molar-refractivity contribution in [1.82, 2.24) is 14.7 Å². The number of amides is 1. The zero-order valence-electron chi connectivity index (χ0n) is 16.3. The molecule has 2 aromatic rings. The number of carbonyl (C=O) groups is 2. The fraction of sp³-hybridized carbons (Fsp3) is 0.450. The lowest BCUT2D eigenvalue weighted by molar-refractivity contribution is -0.139. The molecule has 7 heteroatoms. The maximum Gasteiger partial charge on any atom is 0.341 e. The maximum absolute atomic E-state index is 12.8. The molecule has 1 aromatic carbocycles. The third kappa shape index (κ3) is 5.09. The first-order valence-corrected chi connectivity index (χ1v) is 9.10. The summed E-state index contributed by atoms with van der Waals surface area (Å²) in [5, 5.41) is 13.1. The van der Waals surface area contributed by atoms with Gasteiger partial charge in [-0.25, -0.2) is 4.79 Å². The predicted octanol–water partition coefficient (Wildman–Crippen LogP) is 3.29. The molecule has 0 aliphatic rings. The van der Waals surface area contributed by atoms with E-state index in [4.69, 9.17) is 9.84 Å². The molecule has 0 spiro atoms. The van der Waals surface area contributed by atoms with Gasteiger partial charge in [-0.15, -0.1) is 0 Å². The van der Waals surface area contributed by atoms with E-state index < -0.39 is 5.97 Å². The molecular formula is C20H27N3O4. The monoisotopic (exact) mass is 373 g/mol. The number of aliphatic carboxylic acids is 1. The summed E-state index contributed by atoms with van der Waals surface area (Å²) in [6.45, 7) is 6.23. The van der Waals surface area contributed by atoms with Crippen LogP contribution in [-0.2, 0) is 11.3 Å². The summed E-state index contributed by atoms with van der Waals surface area (Å²) in [5.74, 6) is -0.609. The van der Waals surface area contributed by atoms with Crippen molar-refractivity contribution in [3.8, 4) is 5.75 Å². The van der Waals surface area contributed by atoms with Crippen LogP contribution in [-0.4, -0.2) is 45.3 Å². The van der Waals surface area contributed by atoms with Gasteiger partial charge in [0.05, 0.1) is 17.8 Å². The minimum atomic E-state index is -1.02. The fourth-order valence-electron chi connectivity index (χ4n) is 3.02. The molecule has 1 aromatic heterocycles. The first kappa shape index (κ1) is 20.5. The van der Waals surface area contributed by atoms with Crippen LogP contribution in [0.1, 0.15) is 54.3 Å². The van der Waals surface area contributed by atoms with Crippen LogP contribution in [0, 0.1) is 6.92 Å². The smallest absolute Gasteiger partial charge is 0.341 e. The SMILES string of the molecule is CCC(CC)n1ncc(C(=O)N(C)Cc2ccc(OCC(=O)O)cc2)c1C. The lowest BCUT2D eigenvalue weighted by Gasteiger charge is -2.19. The van der Waals surface area contributed by atoms with Crippen LogP contribution in [0.5, 0.6) is 5.75 Å². The highest BCUT2D eigenvalue weighted by atomic mass is 16.5. The number of nitrogens with zero attached hydrogens (tertiary/aromatic N) is 3. The number of hydrogen-bond donors (Lipinski definition) is 1. The Morgan fingerprint density at radius 2 is 1.85 bits per heavy atom. The van der Waals surface area contributed by atoms with Crippen molar-refractivity contribution in [2.24, 2.45) is 0 Å². The van der Waals surface area contributed by atoms with Gasteiger partial charge in [0.2, 0.25) is 0 Å². The van der Waals surface area contributed by atoms with Crippen LogP contribution in [0.2, 0.25) is 0 Å². The van der Waals surface area contributed by atoms with Gasteiger partial charge in [0.25, 0.3) is 5.91 Å². The first-order valence-electron chi connectivity index (χ1n) is 9.10. The van der Waals surface area contributed by atoms with Crippen LogP contribution in [0.3, 0.4) is 0 Å². The molecule has 0 aliphatic carbocycles. The molecule has 0 radical (unpaired) electrons. The maximum atomic E-state index is 12.8. The van der Waals surface area contributed by atoms with Crippen LogP contribution in [0.25, 0.3) is 0 Å². The Balaban J connectivity index is 2.04. The van der Waals surface area contributed by atoms with E-state index in [0.717, 1.165) is 24.1 Å². The summed E-state index contributed by atoms with van der Waals surface area (Å²) >= 11 is 0. The third-order valence-electron chi connectivity index (χ3n) is 4.62. The number of ether oxygens (including phenoxy) is 1. The predicted molar refractivity (Wildman–Crippen MR) is 102 cm³/mol. The molecule has 27 heavy (non-hydrogen) atoms. The topological polar surface area (TPSA) is 84.7 Å². The second kappa shape index (κ2) is 9.21. The van der Waals surface area contributed by atoms with Crippen molar-refractivity contribution in [2.45, 2.75) is 46.2 Å². The van der Waals surface area contributed by atoms with Crippen LogP contribution in [0.4, 0.5) is 0 Å². The molecule has 2 rings (SSSR count). The standard InChI is InChI=1S/C20H27N3O4/c1-5-16(6-2)23-14(3)18(11-21-23)20(26)22(4)12-15-7-9-17(10-8-15)27-13-19(24)25/h7-11,16H,5-6,12-13H2,1-4H3,(H,24,25). The second-order valence-electron chi connectivity index (χ2n) is 6.55. The zero-order chi connectivity index (χ0) is 20.0. The summed E-state index contributed by atoms with van der Waals surface area (Å²) in [6, 6.07) is 7.35. The molecule has 0 atom stereocenters. The van der Waals surface area contributed by atoms with Gasteiger partial charge in [0, 0.05) is 19.3 Å². The number of carboxylic acids is 1. The number of rotatable bonds is 9. The molecule has 0 bridgehead atoms. The van der Waals surface area contributed by atoms with Gasteiger partial charge in [0.1, 0.15) is 5.75 Å². The van der Waals surface area contributed by atoms with Crippen LogP contribution in [0.15, 0.2) is 30.5 Å². The van der Waals surface area contributed by atoms with E-state index in [1.165, 1.54) is 0 Å².